The lowest BCUT2D eigenvalue weighted by Gasteiger charge is -2.35. The van der Waals surface area contributed by atoms with Crippen molar-refractivity contribution >= 4 is 9.84 Å². The molecule has 2 bridgehead atoms. The highest BCUT2D eigenvalue weighted by molar-refractivity contribution is 7.93. The summed E-state index contributed by atoms with van der Waals surface area (Å²) in [5.41, 5.74) is -0.329. The van der Waals surface area contributed by atoms with Gasteiger partial charge in [-0.05, 0) is 23.8 Å². The molecular formula is C15H14O4S. The molecule has 0 aliphatic carbocycles. The van der Waals surface area contributed by atoms with Gasteiger partial charge < -0.3 is 9.47 Å². The molecule has 0 N–H and O–H groups in total. The zero-order chi connectivity index (χ0) is 14.0. The van der Waals surface area contributed by atoms with Crippen LogP contribution in [-0.4, -0.2) is 38.1 Å². The van der Waals surface area contributed by atoms with E-state index >= 15 is 0 Å². The van der Waals surface area contributed by atoms with Gasteiger partial charge in [0.2, 0.25) is 0 Å². The molecule has 0 amide bonds. The summed E-state index contributed by atoms with van der Waals surface area (Å²) in [5.74, 6) is 0. The molecule has 0 saturated carbocycles. The third-order valence-electron chi connectivity index (χ3n) is 4.56. The first-order chi connectivity index (χ1) is 9.54. The average Bonchev–Trinajstić information content (AvgIpc) is 3.10. The van der Waals surface area contributed by atoms with E-state index in [9.17, 15) is 8.42 Å². The highest BCUT2D eigenvalue weighted by atomic mass is 32.2. The van der Waals surface area contributed by atoms with Gasteiger partial charge in [-0.25, -0.2) is 8.42 Å². The molecule has 0 aromatic heterocycles. The van der Waals surface area contributed by atoms with E-state index < -0.39 is 20.2 Å². The second-order valence-corrected chi connectivity index (χ2v) is 7.62. The summed E-state index contributed by atoms with van der Waals surface area (Å²) >= 11 is 0. The maximum absolute atomic E-state index is 13.2. The Labute approximate surface area is 117 Å². The predicted molar refractivity (Wildman–Crippen MR) is 73.1 cm³/mol. The first-order valence-corrected chi connectivity index (χ1v) is 7.96. The molecule has 3 aliphatic heterocycles. The monoisotopic (exact) mass is 290 g/mol. The number of benzene rings is 1. The summed E-state index contributed by atoms with van der Waals surface area (Å²) < 4.78 is 36.6. The molecule has 5 heteroatoms. The lowest BCUT2D eigenvalue weighted by atomic mass is 9.82. The quantitative estimate of drug-likeness (QED) is 0.774. The number of hydrogen-bond donors (Lipinski definition) is 0. The summed E-state index contributed by atoms with van der Waals surface area (Å²) in [5, 5.41) is 0. The maximum Gasteiger partial charge on any atom is 0.193 e. The fourth-order valence-electron chi connectivity index (χ4n) is 3.51. The van der Waals surface area contributed by atoms with Gasteiger partial charge in [-0.2, -0.15) is 0 Å². The molecule has 4 rings (SSSR count). The van der Waals surface area contributed by atoms with Crippen LogP contribution in [0.25, 0.3) is 0 Å². The van der Waals surface area contributed by atoms with Gasteiger partial charge in [-0.3, -0.25) is 0 Å². The molecule has 4 nitrogen and oxygen atoms in total. The third-order valence-corrected chi connectivity index (χ3v) is 7.09. The first kappa shape index (κ1) is 12.3. The highest BCUT2D eigenvalue weighted by Gasteiger charge is 2.73. The van der Waals surface area contributed by atoms with Crippen molar-refractivity contribution in [3.05, 3.63) is 54.6 Å². The SMILES string of the molecule is C=C1C2C=CC3(COCC13S(=O)(=O)c1ccccc1)O2. The number of sulfone groups is 1. The van der Waals surface area contributed by atoms with Crippen LogP contribution < -0.4 is 0 Å². The zero-order valence-electron chi connectivity index (χ0n) is 10.8. The van der Waals surface area contributed by atoms with E-state index in [2.05, 4.69) is 6.58 Å². The minimum Gasteiger partial charge on any atom is -0.376 e. The van der Waals surface area contributed by atoms with Crippen molar-refractivity contribution in [3.63, 3.8) is 0 Å². The van der Waals surface area contributed by atoms with Crippen molar-refractivity contribution in [3.8, 4) is 0 Å². The molecule has 3 heterocycles. The van der Waals surface area contributed by atoms with Gasteiger partial charge in [-0.15, -0.1) is 0 Å². The topological polar surface area (TPSA) is 52.6 Å². The molecule has 104 valence electrons. The Morgan fingerprint density at radius 3 is 2.70 bits per heavy atom. The second kappa shape index (κ2) is 3.61. The molecule has 3 atom stereocenters. The number of hydrogen-bond acceptors (Lipinski definition) is 4. The smallest absolute Gasteiger partial charge is 0.193 e. The van der Waals surface area contributed by atoms with Gasteiger partial charge >= 0.3 is 0 Å². The predicted octanol–water partition coefficient (Wildman–Crippen LogP) is 1.49. The van der Waals surface area contributed by atoms with Crippen molar-refractivity contribution < 1.29 is 17.9 Å². The molecular weight excluding hydrogens is 276 g/mol. The van der Waals surface area contributed by atoms with Gasteiger partial charge in [0.25, 0.3) is 0 Å². The Bertz CT molecular complexity index is 722. The standard InChI is InChI=1S/C15H14O4S/c1-11-13-7-8-14(19-13)9-18-10-15(11,14)20(16,17)12-5-3-2-4-6-12/h2-8,13H,1,9-10H2. The van der Waals surface area contributed by atoms with Gasteiger partial charge in [0.15, 0.2) is 14.6 Å². The number of fused-ring (bicyclic) bond motifs is 1. The van der Waals surface area contributed by atoms with Crippen molar-refractivity contribution in [2.45, 2.75) is 21.3 Å². The molecule has 2 saturated heterocycles. The number of rotatable bonds is 2. The fraction of sp³-hybridized carbons (Fsp3) is 0.333. The molecule has 3 unspecified atom stereocenters. The Hall–Kier alpha value is -1.43. The van der Waals surface area contributed by atoms with Crippen LogP contribution in [-0.2, 0) is 19.3 Å². The van der Waals surface area contributed by atoms with E-state index in [-0.39, 0.29) is 24.2 Å². The highest BCUT2D eigenvalue weighted by Crippen LogP contribution is 2.57. The maximum atomic E-state index is 13.2. The number of ether oxygens (including phenoxy) is 2. The summed E-state index contributed by atoms with van der Waals surface area (Å²) in [4.78, 5) is 0.288. The van der Waals surface area contributed by atoms with Crippen LogP contribution in [0.15, 0.2) is 59.5 Å². The molecule has 3 aliphatic rings. The van der Waals surface area contributed by atoms with Crippen molar-refractivity contribution in [2.75, 3.05) is 13.2 Å². The van der Waals surface area contributed by atoms with Crippen LogP contribution in [0.3, 0.4) is 0 Å². The van der Waals surface area contributed by atoms with E-state index in [1.165, 1.54) is 0 Å². The first-order valence-electron chi connectivity index (χ1n) is 6.47. The average molecular weight is 290 g/mol. The Morgan fingerprint density at radius 1 is 1.20 bits per heavy atom. The fourth-order valence-corrected chi connectivity index (χ4v) is 5.75. The van der Waals surface area contributed by atoms with E-state index in [0.717, 1.165) is 0 Å². The minimum absolute atomic E-state index is 0.101. The van der Waals surface area contributed by atoms with Crippen LogP contribution in [0.5, 0.6) is 0 Å². The van der Waals surface area contributed by atoms with Crippen LogP contribution in [0.2, 0.25) is 0 Å². The van der Waals surface area contributed by atoms with Gasteiger partial charge in [-0.1, -0.05) is 30.9 Å². The van der Waals surface area contributed by atoms with E-state index in [1.807, 2.05) is 12.2 Å². The Kier molecular flexibility index (Phi) is 2.22. The second-order valence-electron chi connectivity index (χ2n) is 5.45. The molecule has 0 radical (unpaired) electrons. The van der Waals surface area contributed by atoms with Crippen LogP contribution in [0.1, 0.15) is 0 Å². The molecule has 1 aromatic carbocycles. The largest absolute Gasteiger partial charge is 0.376 e. The van der Waals surface area contributed by atoms with Crippen LogP contribution in [0, 0.1) is 0 Å². The normalized spacial score (nSPS) is 38.4. The van der Waals surface area contributed by atoms with Crippen LogP contribution >= 0.6 is 0 Å². The van der Waals surface area contributed by atoms with Gasteiger partial charge in [0.05, 0.1) is 24.2 Å². The van der Waals surface area contributed by atoms with Crippen molar-refractivity contribution in [2.24, 2.45) is 0 Å². The molecule has 20 heavy (non-hydrogen) atoms. The minimum atomic E-state index is -3.63. The summed E-state index contributed by atoms with van der Waals surface area (Å²) in [6.45, 7) is 4.36. The van der Waals surface area contributed by atoms with Gasteiger partial charge in [0, 0.05) is 0 Å². The van der Waals surface area contributed by atoms with E-state index in [4.69, 9.17) is 9.47 Å². The lowest BCUT2D eigenvalue weighted by Crippen LogP contribution is -2.55. The third kappa shape index (κ3) is 1.13. The van der Waals surface area contributed by atoms with Crippen LogP contribution in [0.4, 0.5) is 0 Å². The Balaban J connectivity index is 1.98. The summed E-state index contributed by atoms with van der Waals surface area (Å²) in [6, 6.07) is 8.46. The van der Waals surface area contributed by atoms with Crippen molar-refractivity contribution in [1.29, 1.82) is 0 Å². The Morgan fingerprint density at radius 2 is 1.95 bits per heavy atom. The van der Waals surface area contributed by atoms with E-state index in [0.29, 0.717) is 5.57 Å². The lowest BCUT2D eigenvalue weighted by molar-refractivity contribution is 0.0107. The van der Waals surface area contributed by atoms with Crippen molar-refractivity contribution in [1.82, 2.24) is 0 Å². The molecule has 1 spiro atoms. The molecule has 2 fully saturated rings. The summed E-state index contributed by atoms with van der Waals surface area (Å²) in [6.07, 6.45) is 3.38. The summed E-state index contributed by atoms with van der Waals surface area (Å²) in [7, 11) is -3.63. The zero-order valence-corrected chi connectivity index (χ0v) is 11.6. The van der Waals surface area contributed by atoms with Gasteiger partial charge in [0.1, 0.15) is 5.60 Å². The molecule has 1 aromatic rings. The van der Waals surface area contributed by atoms with E-state index in [1.54, 1.807) is 30.3 Å².